The first-order chi connectivity index (χ1) is 3.93. The molecule has 2 nitrogen and oxygen atoms in total. The molecule has 0 aromatic carbocycles. The van der Waals surface area contributed by atoms with Crippen molar-refractivity contribution in [3.05, 3.63) is 24.3 Å². The molecule has 1 N–H and O–H groups in total. The molecular formula is C5H7O2P. The minimum atomic E-state index is -0.411. The van der Waals surface area contributed by atoms with Crippen LogP contribution in [-0.2, 0) is 4.52 Å². The van der Waals surface area contributed by atoms with Crippen LogP contribution in [0.1, 0.15) is 0 Å². The summed E-state index contributed by atoms with van der Waals surface area (Å²) in [6, 6.07) is 0. The SMILES string of the molecule is OPOC1C=CC=C1. The molecule has 44 valence electrons. The Balaban J connectivity index is 2.27. The molecule has 1 atom stereocenters. The lowest BCUT2D eigenvalue weighted by Crippen LogP contribution is -1.94. The Morgan fingerprint density at radius 1 is 1.38 bits per heavy atom. The van der Waals surface area contributed by atoms with Gasteiger partial charge in [-0.15, -0.1) is 0 Å². The Morgan fingerprint density at radius 2 is 2.00 bits per heavy atom. The fourth-order valence-electron chi connectivity index (χ4n) is 0.551. The van der Waals surface area contributed by atoms with Crippen molar-refractivity contribution in [2.75, 3.05) is 0 Å². The topological polar surface area (TPSA) is 29.5 Å². The van der Waals surface area contributed by atoms with Crippen LogP contribution in [0.15, 0.2) is 24.3 Å². The molecule has 0 aromatic rings. The van der Waals surface area contributed by atoms with E-state index in [0.717, 1.165) is 0 Å². The molecule has 1 unspecified atom stereocenters. The van der Waals surface area contributed by atoms with Crippen LogP contribution in [0.3, 0.4) is 0 Å². The molecule has 0 bridgehead atoms. The second-order valence-corrected chi connectivity index (χ2v) is 1.86. The molecule has 0 saturated carbocycles. The van der Waals surface area contributed by atoms with E-state index in [0.29, 0.717) is 0 Å². The zero-order valence-corrected chi connectivity index (χ0v) is 5.24. The van der Waals surface area contributed by atoms with Gasteiger partial charge < -0.3 is 9.42 Å². The first-order valence-corrected chi connectivity index (χ1v) is 3.19. The minimum absolute atomic E-state index is 0.0123. The lowest BCUT2D eigenvalue weighted by atomic mass is 10.4. The van der Waals surface area contributed by atoms with Crippen LogP contribution in [0.25, 0.3) is 0 Å². The molecule has 3 heteroatoms. The van der Waals surface area contributed by atoms with Crippen LogP contribution in [0.5, 0.6) is 0 Å². The third kappa shape index (κ3) is 1.41. The smallest absolute Gasteiger partial charge is 0.153 e. The predicted octanol–water partition coefficient (Wildman–Crippen LogP) is 0.998. The molecule has 0 fully saturated rings. The Hall–Kier alpha value is -0.170. The molecule has 0 heterocycles. The fraction of sp³-hybridized carbons (Fsp3) is 0.200. The molecule has 0 aromatic heterocycles. The van der Waals surface area contributed by atoms with Gasteiger partial charge in [-0.05, 0) is 0 Å². The van der Waals surface area contributed by atoms with Gasteiger partial charge in [-0.2, -0.15) is 0 Å². The summed E-state index contributed by atoms with van der Waals surface area (Å²) in [7, 11) is -0.411. The van der Waals surface area contributed by atoms with Crippen LogP contribution in [0.4, 0.5) is 0 Å². The van der Waals surface area contributed by atoms with Crippen molar-refractivity contribution in [3.8, 4) is 0 Å². The monoisotopic (exact) mass is 130 g/mol. The van der Waals surface area contributed by atoms with Gasteiger partial charge in [0.15, 0.2) is 9.03 Å². The molecule has 1 aliphatic rings. The average Bonchev–Trinajstić information content (AvgIpc) is 2.19. The largest absolute Gasteiger partial charge is 0.352 e. The molecule has 0 aliphatic heterocycles. The molecule has 0 amide bonds. The Kier molecular flexibility index (Phi) is 2.22. The van der Waals surface area contributed by atoms with Gasteiger partial charge in [0.05, 0.1) is 0 Å². The number of hydrogen-bond acceptors (Lipinski definition) is 2. The Bertz CT molecular complexity index is 108. The highest BCUT2D eigenvalue weighted by atomic mass is 31.1. The molecule has 0 spiro atoms. The summed E-state index contributed by atoms with van der Waals surface area (Å²) in [4.78, 5) is 8.26. The summed E-state index contributed by atoms with van der Waals surface area (Å²) in [5.74, 6) is 0. The van der Waals surface area contributed by atoms with E-state index >= 15 is 0 Å². The van der Waals surface area contributed by atoms with Crippen molar-refractivity contribution in [1.82, 2.24) is 0 Å². The standard InChI is InChI=1S/C5H7O2P/c6-8-7-5-3-1-2-4-5/h1-6,8H. The van der Waals surface area contributed by atoms with E-state index < -0.39 is 9.03 Å². The second-order valence-electron chi connectivity index (χ2n) is 1.44. The molecule has 8 heavy (non-hydrogen) atoms. The fourth-order valence-corrected chi connectivity index (χ4v) is 0.830. The van der Waals surface area contributed by atoms with Crippen LogP contribution in [0.2, 0.25) is 0 Å². The van der Waals surface area contributed by atoms with E-state index in [2.05, 4.69) is 0 Å². The third-order valence-electron chi connectivity index (χ3n) is 0.901. The zero-order chi connectivity index (χ0) is 5.82. The lowest BCUT2D eigenvalue weighted by molar-refractivity contribution is 0.309. The van der Waals surface area contributed by atoms with Gasteiger partial charge >= 0.3 is 0 Å². The Labute approximate surface area is 49.8 Å². The minimum Gasteiger partial charge on any atom is -0.352 e. The van der Waals surface area contributed by atoms with Crippen LogP contribution >= 0.6 is 9.03 Å². The first-order valence-electron chi connectivity index (χ1n) is 2.33. The van der Waals surface area contributed by atoms with Crippen LogP contribution in [-0.4, -0.2) is 11.0 Å². The molecular weight excluding hydrogens is 123 g/mol. The third-order valence-corrected chi connectivity index (χ3v) is 1.28. The van der Waals surface area contributed by atoms with Gasteiger partial charge in [-0.1, -0.05) is 24.3 Å². The maximum Gasteiger partial charge on any atom is 0.153 e. The highest BCUT2D eigenvalue weighted by Crippen LogP contribution is 2.14. The quantitative estimate of drug-likeness (QED) is 0.565. The normalized spacial score (nSPS) is 19.6. The average molecular weight is 130 g/mol. The predicted molar refractivity (Wildman–Crippen MR) is 33.7 cm³/mol. The first kappa shape index (κ1) is 5.96. The molecule has 1 rings (SSSR count). The Morgan fingerprint density at radius 3 is 2.50 bits per heavy atom. The van der Waals surface area contributed by atoms with Gasteiger partial charge in [0, 0.05) is 0 Å². The lowest BCUT2D eigenvalue weighted by Gasteiger charge is -2.00. The number of hydrogen-bond donors (Lipinski definition) is 1. The van der Waals surface area contributed by atoms with Crippen molar-refractivity contribution >= 4 is 9.03 Å². The summed E-state index contributed by atoms with van der Waals surface area (Å²) in [6.07, 6.45) is 7.56. The second kappa shape index (κ2) is 2.98. The van der Waals surface area contributed by atoms with E-state index in [4.69, 9.17) is 9.42 Å². The van der Waals surface area contributed by atoms with E-state index in [1.165, 1.54) is 0 Å². The molecule has 1 aliphatic carbocycles. The summed E-state index contributed by atoms with van der Waals surface area (Å²) >= 11 is 0. The van der Waals surface area contributed by atoms with Crippen LogP contribution in [0, 0.1) is 0 Å². The van der Waals surface area contributed by atoms with Crippen molar-refractivity contribution in [2.24, 2.45) is 0 Å². The molecule has 0 radical (unpaired) electrons. The van der Waals surface area contributed by atoms with Crippen molar-refractivity contribution < 1.29 is 9.42 Å². The van der Waals surface area contributed by atoms with Gasteiger partial charge in [0.25, 0.3) is 0 Å². The van der Waals surface area contributed by atoms with Crippen molar-refractivity contribution in [3.63, 3.8) is 0 Å². The zero-order valence-electron chi connectivity index (χ0n) is 4.24. The van der Waals surface area contributed by atoms with Crippen LogP contribution < -0.4 is 0 Å². The number of rotatable bonds is 2. The maximum absolute atomic E-state index is 8.26. The van der Waals surface area contributed by atoms with Gasteiger partial charge in [0.1, 0.15) is 6.10 Å². The van der Waals surface area contributed by atoms with Crippen molar-refractivity contribution in [1.29, 1.82) is 0 Å². The van der Waals surface area contributed by atoms with Gasteiger partial charge in [-0.25, -0.2) is 0 Å². The van der Waals surface area contributed by atoms with Crippen molar-refractivity contribution in [2.45, 2.75) is 6.10 Å². The summed E-state index contributed by atoms with van der Waals surface area (Å²) in [5, 5.41) is 0. The highest BCUT2D eigenvalue weighted by molar-refractivity contribution is 7.25. The number of allylic oxidation sites excluding steroid dienone is 2. The highest BCUT2D eigenvalue weighted by Gasteiger charge is 2.00. The summed E-state index contributed by atoms with van der Waals surface area (Å²) < 4.78 is 4.81. The van der Waals surface area contributed by atoms with E-state index in [1.54, 1.807) is 0 Å². The van der Waals surface area contributed by atoms with E-state index in [-0.39, 0.29) is 6.10 Å². The summed E-state index contributed by atoms with van der Waals surface area (Å²) in [5.41, 5.74) is 0. The van der Waals surface area contributed by atoms with E-state index in [1.807, 2.05) is 24.3 Å². The van der Waals surface area contributed by atoms with Gasteiger partial charge in [-0.3, -0.25) is 0 Å². The molecule has 0 saturated heterocycles. The maximum atomic E-state index is 8.26. The van der Waals surface area contributed by atoms with Gasteiger partial charge in [0.2, 0.25) is 0 Å². The van der Waals surface area contributed by atoms with E-state index in [9.17, 15) is 0 Å². The summed E-state index contributed by atoms with van der Waals surface area (Å²) in [6.45, 7) is 0.